The number of rotatable bonds is 3. The van der Waals surface area contributed by atoms with Crippen molar-refractivity contribution in [2.45, 2.75) is 0 Å². The molecule has 0 saturated carbocycles. The second-order valence-corrected chi connectivity index (χ2v) is 5.60. The third-order valence-corrected chi connectivity index (χ3v) is 4.18. The molecular weight excluding hydrogens is 302 g/mol. The number of hydrogen-bond donors (Lipinski definition) is 2. The zero-order valence-corrected chi connectivity index (χ0v) is 12.6. The van der Waals surface area contributed by atoms with Crippen LogP contribution >= 0.6 is 0 Å². The van der Waals surface area contributed by atoms with Gasteiger partial charge in [-0.15, -0.1) is 0 Å². The van der Waals surface area contributed by atoms with Gasteiger partial charge in [0.25, 0.3) is 0 Å². The number of fused-ring (bicyclic) bond motifs is 3. The average Bonchev–Trinajstić information content (AvgIpc) is 2.91. The van der Waals surface area contributed by atoms with Crippen LogP contribution in [0, 0.1) is 0 Å². The van der Waals surface area contributed by atoms with E-state index in [1.165, 1.54) is 11.1 Å². The Morgan fingerprint density at radius 1 is 0.792 bits per heavy atom. The number of carboxylic acid groups (broad SMARTS) is 1. The summed E-state index contributed by atoms with van der Waals surface area (Å²) in [5.41, 5.74) is 5.34. The largest absolute Gasteiger partial charge is 0.478 e. The van der Waals surface area contributed by atoms with Gasteiger partial charge in [-0.25, -0.2) is 4.79 Å². The van der Waals surface area contributed by atoms with Crippen LogP contribution in [0.1, 0.15) is 0 Å². The van der Waals surface area contributed by atoms with E-state index < -0.39 is 11.9 Å². The van der Waals surface area contributed by atoms with Crippen molar-refractivity contribution in [1.82, 2.24) is 0 Å². The van der Waals surface area contributed by atoms with Crippen LogP contribution in [0.15, 0.2) is 66.7 Å². The maximum Gasteiger partial charge on any atom is 0.328 e. The van der Waals surface area contributed by atoms with Crippen LogP contribution in [-0.2, 0) is 9.59 Å². The van der Waals surface area contributed by atoms with Gasteiger partial charge in [0.2, 0.25) is 5.91 Å². The lowest BCUT2D eigenvalue weighted by Crippen LogP contribution is -2.09. The van der Waals surface area contributed by atoms with Crippen molar-refractivity contribution in [1.29, 1.82) is 0 Å². The number of aliphatic carboxylic acids is 1. The quantitative estimate of drug-likeness (QED) is 0.560. The van der Waals surface area contributed by atoms with Gasteiger partial charge in [0, 0.05) is 23.2 Å². The Balaban J connectivity index is 1.83. The predicted molar refractivity (Wildman–Crippen MR) is 93.8 cm³/mol. The molecule has 1 aliphatic carbocycles. The highest BCUT2D eigenvalue weighted by atomic mass is 16.4. The van der Waals surface area contributed by atoms with Gasteiger partial charge in [0.05, 0.1) is 0 Å². The summed E-state index contributed by atoms with van der Waals surface area (Å²) in [7, 11) is 0. The van der Waals surface area contributed by atoms with E-state index in [0.29, 0.717) is 5.69 Å². The molecule has 4 rings (SSSR count). The van der Waals surface area contributed by atoms with E-state index in [-0.39, 0.29) is 0 Å². The molecule has 4 heteroatoms. The first kappa shape index (κ1) is 14.2. The summed E-state index contributed by atoms with van der Waals surface area (Å²) in [4.78, 5) is 22.4. The molecule has 0 spiro atoms. The highest BCUT2D eigenvalue weighted by Crippen LogP contribution is 2.48. The summed E-state index contributed by atoms with van der Waals surface area (Å²) < 4.78 is 0. The Bertz CT molecular complexity index is 1000. The molecule has 0 saturated heterocycles. The predicted octanol–water partition coefficient (Wildman–Crippen LogP) is 4.07. The molecule has 0 aromatic heterocycles. The van der Waals surface area contributed by atoms with Gasteiger partial charge >= 0.3 is 5.97 Å². The molecule has 116 valence electrons. The molecule has 3 aromatic carbocycles. The van der Waals surface area contributed by atoms with Crippen molar-refractivity contribution >= 4 is 28.3 Å². The normalized spacial score (nSPS) is 11.7. The molecule has 3 aromatic rings. The van der Waals surface area contributed by atoms with E-state index in [1.807, 2.05) is 36.4 Å². The molecular formula is C20H13NO3. The zero-order valence-electron chi connectivity index (χ0n) is 12.6. The van der Waals surface area contributed by atoms with Crippen molar-refractivity contribution in [3.8, 4) is 22.3 Å². The Hall–Kier alpha value is -3.40. The molecule has 1 aliphatic rings. The van der Waals surface area contributed by atoms with Gasteiger partial charge in [0.15, 0.2) is 0 Å². The maximum atomic E-state index is 11.9. The first-order chi connectivity index (χ1) is 11.6. The molecule has 0 radical (unpaired) electrons. The summed E-state index contributed by atoms with van der Waals surface area (Å²) in [6, 6.07) is 18.1. The van der Waals surface area contributed by atoms with Crippen LogP contribution in [0.3, 0.4) is 0 Å². The Morgan fingerprint density at radius 2 is 1.46 bits per heavy atom. The smallest absolute Gasteiger partial charge is 0.328 e. The van der Waals surface area contributed by atoms with Crippen LogP contribution in [0.4, 0.5) is 5.69 Å². The van der Waals surface area contributed by atoms with Crippen molar-refractivity contribution in [3.63, 3.8) is 0 Å². The van der Waals surface area contributed by atoms with Crippen molar-refractivity contribution < 1.29 is 14.7 Å². The highest BCUT2D eigenvalue weighted by molar-refractivity contribution is 6.19. The lowest BCUT2D eigenvalue weighted by molar-refractivity contribution is -0.131. The van der Waals surface area contributed by atoms with Gasteiger partial charge in [0.1, 0.15) is 0 Å². The Morgan fingerprint density at radius 3 is 2.17 bits per heavy atom. The first-order valence-corrected chi connectivity index (χ1v) is 7.52. The topological polar surface area (TPSA) is 66.4 Å². The van der Waals surface area contributed by atoms with Crippen LogP contribution in [0.25, 0.3) is 33.0 Å². The minimum absolute atomic E-state index is 0.464. The first-order valence-electron chi connectivity index (χ1n) is 7.52. The van der Waals surface area contributed by atoms with Gasteiger partial charge in [-0.05, 0) is 33.7 Å². The van der Waals surface area contributed by atoms with Crippen LogP contribution in [0.2, 0.25) is 0 Å². The number of amides is 1. The Kier molecular flexibility index (Phi) is 3.17. The van der Waals surface area contributed by atoms with E-state index in [1.54, 1.807) is 0 Å². The molecule has 0 aliphatic heterocycles. The fraction of sp³-hybridized carbons (Fsp3) is 0. The number of carboxylic acids is 1. The van der Waals surface area contributed by atoms with Crippen LogP contribution in [-0.4, -0.2) is 17.0 Å². The number of benzene rings is 3. The summed E-state index contributed by atoms with van der Waals surface area (Å²) in [5, 5.41) is 13.4. The molecule has 0 fully saturated rings. The second kappa shape index (κ2) is 5.35. The SMILES string of the molecule is O=C(O)C=CC(=O)Nc1ccc2c3c(cccc13)-c1ccccc1-2. The fourth-order valence-corrected chi connectivity index (χ4v) is 3.24. The number of nitrogens with one attached hydrogen (secondary N) is 1. The molecule has 0 heterocycles. The Labute approximate surface area is 138 Å². The van der Waals surface area contributed by atoms with Gasteiger partial charge < -0.3 is 10.4 Å². The maximum absolute atomic E-state index is 11.9. The molecule has 0 atom stereocenters. The molecule has 2 N–H and O–H groups in total. The van der Waals surface area contributed by atoms with Crippen molar-refractivity contribution in [2.75, 3.05) is 5.32 Å². The lowest BCUT2D eigenvalue weighted by atomic mass is 10.0. The number of hydrogen-bond acceptors (Lipinski definition) is 2. The van der Waals surface area contributed by atoms with Crippen LogP contribution in [0.5, 0.6) is 0 Å². The molecule has 4 nitrogen and oxygen atoms in total. The number of carbonyl (C=O) groups is 2. The summed E-state index contributed by atoms with van der Waals surface area (Å²) >= 11 is 0. The van der Waals surface area contributed by atoms with Crippen molar-refractivity contribution in [3.05, 3.63) is 66.7 Å². The fourth-order valence-electron chi connectivity index (χ4n) is 3.24. The third kappa shape index (κ3) is 2.16. The van der Waals surface area contributed by atoms with E-state index >= 15 is 0 Å². The van der Waals surface area contributed by atoms with E-state index in [0.717, 1.165) is 34.1 Å². The zero-order chi connectivity index (χ0) is 16.7. The number of anilines is 1. The minimum atomic E-state index is -1.15. The molecule has 0 unspecified atom stereocenters. The van der Waals surface area contributed by atoms with Gasteiger partial charge in [-0.2, -0.15) is 0 Å². The van der Waals surface area contributed by atoms with Crippen LogP contribution < -0.4 is 5.32 Å². The number of carbonyl (C=O) groups excluding carboxylic acids is 1. The summed E-state index contributed by atoms with van der Waals surface area (Å²) in [6.45, 7) is 0. The summed E-state index contributed by atoms with van der Waals surface area (Å²) in [5.74, 6) is -1.62. The highest BCUT2D eigenvalue weighted by Gasteiger charge is 2.21. The monoisotopic (exact) mass is 315 g/mol. The molecule has 0 bridgehead atoms. The van der Waals surface area contributed by atoms with E-state index in [2.05, 4.69) is 23.5 Å². The second-order valence-electron chi connectivity index (χ2n) is 5.60. The molecule has 24 heavy (non-hydrogen) atoms. The minimum Gasteiger partial charge on any atom is -0.478 e. The van der Waals surface area contributed by atoms with Gasteiger partial charge in [-0.1, -0.05) is 48.5 Å². The molecule has 1 amide bonds. The average molecular weight is 315 g/mol. The standard InChI is InChI=1S/C20H13NO3/c22-18(10-11-19(23)24)21-17-9-8-15-13-5-2-1-4-12(13)14-6-3-7-16(17)20(14)15/h1-11H,(H,21,22)(H,23,24). The van der Waals surface area contributed by atoms with Gasteiger partial charge in [-0.3, -0.25) is 4.79 Å². The lowest BCUT2D eigenvalue weighted by Gasteiger charge is -2.09. The summed E-state index contributed by atoms with van der Waals surface area (Å²) in [6.07, 6.45) is 1.84. The third-order valence-electron chi connectivity index (χ3n) is 4.18. The van der Waals surface area contributed by atoms with E-state index in [4.69, 9.17) is 5.11 Å². The van der Waals surface area contributed by atoms with E-state index in [9.17, 15) is 9.59 Å². The van der Waals surface area contributed by atoms with Crippen molar-refractivity contribution in [2.24, 2.45) is 0 Å².